The number of aromatic nitrogens is 1. The zero-order valence-corrected chi connectivity index (χ0v) is 12.2. The van der Waals surface area contributed by atoms with Crippen LogP contribution in [-0.2, 0) is 19.5 Å². The first-order chi connectivity index (χ1) is 10.1. The van der Waals surface area contributed by atoms with E-state index in [1.807, 2.05) is 6.07 Å². The Kier molecular flexibility index (Phi) is 3.69. The smallest absolute Gasteiger partial charge is 0.335 e. The largest absolute Gasteiger partial charge is 0.478 e. The van der Waals surface area contributed by atoms with Crippen LogP contribution in [0.1, 0.15) is 28.0 Å². The van der Waals surface area contributed by atoms with E-state index in [1.54, 1.807) is 12.1 Å². The maximum atomic E-state index is 11.2. The highest BCUT2D eigenvalue weighted by atomic mass is 16.4. The zero-order valence-electron chi connectivity index (χ0n) is 12.2. The molecule has 0 bridgehead atoms. The number of carbonyl (C=O) groups is 1. The number of fused-ring (bicyclic) bond motifs is 3. The lowest BCUT2D eigenvalue weighted by Gasteiger charge is -2.24. The second-order valence-corrected chi connectivity index (χ2v) is 5.68. The molecule has 112 valence electrons. The molecule has 0 spiro atoms. The maximum absolute atomic E-state index is 11.2. The van der Waals surface area contributed by atoms with Crippen LogP contribution in [0.2, 0.25) is 0 Å². The minimum Gasteiger partial charge on any atom is -0.478 e. The van der Waals surface area contributed by atoms with Gasteiger partial charge < -0.3 is 19.7 Å². The monoisotopic (exact) mass is 288 g/mol. The summed E-state index contributed by atoms with van der Waals surface area (Å²) in [6.07, 6.45) is 1.68. The van der Waals surface area contributed by atoms with Gasteiger partial charge in [-0.15, -0.1) is 0 Å². The van der Waals surface area contributed by atoms with Crippen LogP contribution in [-0.4, -0.2) is 45.8 Å². The zero-order chi connectivity index (χ0) is 15.0. The van der Waals surface area contributed by atoms with E-state index < -0.39 is 5.97 Å². The van der Waals surface area contributed by atoms with E-state index in [9.17, 15) is 9.90 Å². The first-order valence-electron chi connectivity index (χ1n) is 7.28. The Hall–Kier alpha value is -1.85. The molecule has 0 amide bonds. The van der Waals surface area contributed by atoms with E-state index in [1.165, 1.54) is 11.3 Å². The van der Waals surface area contributed by atoms with Crippen LogP contribution in [0.3, 0.4) is 0 Å². The predicted octanol–water partition coefficient (Wildman–Crippen LogP) is 1.71. The van der Waals surface area contributed by atoms with E-state index in [0.29, 0.717) is 12.0 Å². The first-order valence-corrected chi connectivity index (χ1v) is 7.28. The van der Waals surface area contributed by atoms with Gasteiger partial charge in [-0.1, -0.05) is 0 Å². The molecular weight excluding hydrogens is 268 g/mol. The number of rotatable bonds is 4. The number of aromatic carboxylic acids is 1. The normalized spacial score (nSPS) is 15.3. The highest BCUT2D eigenvalue weighted by molar-refractivity contribution is 5.95. The van der Waals surface area contributed by atoms with Gasteiger partial charge in [-0.3, -0.25) is 0 Å². The topological polar surface area (TPSA) is 65.7 Å². The van der Waals surface area contributed by atoms with Gasteiger partial charge in [-0.2, -0.15) is 0 Å². The van der Waals surface area contributed by atoms with Crippen LogP contribution in [0.15, 0.2) is 18.2 Å². The number of aliphatic hydroxyl groups excluding tert-OH is 1. The van der Waals surface area contributed by atoms with Crippen molar-refractivity contribution in [2.75, 3.05) is 20.2 Å². The summed E-state index contributed by atoms with van der Waals surface area (Å²) >= 11 is 0. The predicted molar refractivity (Wildman–Crippen MR) is 80.6 cm³/mol. The number of hydrogen-bond donors (Lipinski definition) is 2. The molecule has 0 unspecified atom stereocenters. The van der Waals surface area contributed by atoms with Gasteiger partial charge in [0.1, 0.15) is 0 Å². The molecule has 0 saturated carbocycles. The molecule has 2 N–H and O–H groups in total. The van der Waals surface area contributed by atoms with Crippen molar-refractivity contribution < 1.29 is 15.0 Å². The Morgan fingerprint density at radius 3 is 2.90 bits per heavy atom. The SMILES string of the molecule is CN1CCc2c(c3cc(C(=O)O)ccc3n2CCCO)C1. The quantitative estimate of drug-likeness (QED) is 0.899. The molecule has 0 radical (unpaired) electrons. The van der Waals surface area contributed by atoms with E-state index in [4.69, 9.17) is 5.11 Å². The Morgan fingerprint density at radius 1 is 1.38 bits per heavy atom. The van der Waals surface area contributed by atoms with Crippen molar-refractivity contribution in [1.29, 1.82) is 0 Å². The van der Waals surface area contributed by atoms with Gasteiger partial charge >= 0.3 is 5.97 Å². The molecule has 5 heteroatoms. The van der Waals surface area contributed by atoms with Gasteiger partial charge in [-0.05, 0) is 37.2 Å². The van der Waals surface area contributed by atoms with Crippen LogP contribution in [0.25, 0.3) is 10.9 Å². The second-order valence-electron chi connectivity index (χ2n) is 5.68. The van der Waals surface area contributed by atoms with Crippen molar-refractivity contribution >= 4 is 16.9 Å². The molecule has 5 nitrogen and oxygen atoms in total. The van der Waals surface area contributed by atoms with Gasteiger partial charge in [-0.25, -0.2) is 4.79 Å². The molecule has 0 saturated heterocycles. The second kappa shape index (κ2) is 5.50. The third-order valence-corrected chi connectivity index (χ3v) is 4.23. The fourth-order valence-corrected chi connectivity index (χ4v) is 3.20. The van der Waals surface area contributed by atoms with E-state index in [2.05, 4.69) is 16.5 Å². The van der Waals surface area contributed by atoms with Gasteiger partial charge in [0.15, 0.2) is 0 Å². The van der Waals surface area contributed by atoms with Crippen molar-refractivity contribution in [3.8, 4) is 0 Å². The Morgan fingerprint density at radius 2 is 2.19 bits per heavy atom. The summed E-state index contributed by atoms with van der Waals surface area (Å²) in [5.41, 5.74) is 3.94. The van der Waals surface area contributed by atoms with Crippen molar-refractivity contribution in [3.05, 3.63) is 35.0 Å². The van der Waals surface area contributed by atoms with Crippen molar-refractivity contribution in [2.45, 2.75) is 25.9 Å². The van der Waals surface area contributed by atoms with Gasteiger partial charge in [0.2, 0.25) is 0 Å². The van der Waals surface area contributed by atoms with Crippen LogP contribution in [0.4, 0.5) is 0 Å². The lowest BCUT2D eigenvalue weighted by molar-refractivity contribution is 0.0697. The minimum absolute atomic E-state index is 0.168. The van der Waals surface area contributed by atoms with Crippen molar-refractivity contribution in [1.82, 2.24) is 9.47 Å². The standard InChI is InChI=1S/C16H20N2O3/c1-17-7-5-15-13(10-17)12-9-11(16(20)21)3-4-14(12)18(15)6-2-8-19/h3-4,9,19H,2,5-8,10H2,1H3,(H,20,21). The summed E-state index contributed by atoms with van der Waals surface area (Å²) in [5.74, 6) is -0.891. The molecule has 2 heterocycles. The molecule has 1 aliphatic heterocycles. The molecule has 0 fully saturated rings. The Balaban J connectivity index is 2.19. The van der Waals surface area contributed by atoms with Crippen LogP contribution in [0, 0.1) is 0 Å². The number of aliphatic hydroxyl groups is 1. The van der Waals surface area contributed by atoms with Crippen LogP contribution < -0.4 is 0 Å². The maximum Gasteiger partial charge on any atom is 0.335 e. The van der Waals surface area contributed by atoms with E-state index in [0.717, 1.165) is 37.0 Å². The van der Waals surface area contributed by atoms with Crippen molar-refractivity contribution in [2.24, 2.45) is 0 Å². The Labute approximate surface area is 123 Å². The summed E-state index contributed by atoms with van der Waals surface area (Å²) in [5, 5.41) is 19.3. The summed E-state index contributed by atoms with van der Waals surface area (Å²) in [4.78, 5) is 13.5. The molecule has 2 aromatic rings. The summed E-state index contributed by atoms with van der Waals surface area (Å²) in [7, 11) is 2.08. The van der Waals surface area contributed by atoms with Gasteiger partial charge in [0.05, 0.1) is 5.56 Å². The summed E-state index contributed by atoms with van der Waals surface area (Å²) in [6, 6.07) is 5.34. The fourth-order valence-electron chi connectivity index (χ4n) is 3.20. The molecule has 3 rings (SSSR count). The van der Waals surface area contributed by atoms with Crippen LogP contribution >= 0.6 is 0 Å². The van der Waals surface area contributed by atoms with E-state index in [-0.39, 0.29) is 6.61 Å². The summed E-state index contributed by atoms with van der Waals surface area (Å²) < 4.78 is 2.25. The van der Waals surface area contributed by atoms with Gasteiger partial charge in [0, 0.05) is 49.3 Å². The molecule has 1 aromatic heterocycles. The lowest BCUT2D eigenvalue weighted by atomic mass is 10.0. The lowest BCUT2D eigenvalue weighted by Crippen LogP contribution is -2.27. The van der Waals surface area contributed by atoms with Crippen molar-refractivity contribution in [3.63, 3.8) is 0 Å². The molecule has 1 aliphatic rings. The molecular formula is C16H20N2O3. The first kappa shape index (κ1) is 14.1. The highest BCUT2D eigenvalue weighted by Gasteiger charge is 2.22. The minimum atomic E-state index is -0.891. The van der Waals surface area contributed by atoms with E-state index >= 15 is 0 Å². The number of likely N-dealkylation sites (N-methyl/N-ethyl adjacent to an activating group) is 1. The third-order valence-electron chi connectivity index (χ3n) is 4.23. The fraction of sp³-hybridized carbons (Fsp3) is 0.438. The molecule has 21 heavy (non-hydrogen) atoms. The number of aryl methyl sites for hydroxylation is 1. The number of carboxylic acid groups (broad SMARTS) is 1. The van der Waals surface area contributed by atoms with Crippen LogP contribution in [0.5, 0.6) is 0 Å². The molecule has 0 atom stereocenters. The Bertz CT molecular complexity index is 690. The number of carboxylic acids is 1. The average molecular weight is 288 g/mol. The molecule has 0 aliphatic carbocycles. The number of benzene rings is 1. The average Bonchev–Trinajstić information content (AvgIpc) is 2.77. The number of hydrogen-bond acceptors (Lipinski definition) is 3. The number of nitrogens with zero attached hydrogens (tertiary/aromatic N) is 2. The highest BCUT2D eigenvalue weighted by Crippen LogP contribution is 2.31. The van der Waals surface area contributed by atoms with Gasteiger partial charge in [0.25, 0.3) is 0 Å². The molecule has 1 aromatic carbocycles. The summed E-state index contributed by atoms with van der Waals surface area (Å²) in [6.45, 7) is 2.80. The third kappa shape index (κ3) is 2.43.